The van der Waals surface area contributed by atoms with Gasteiger partial charge in [-0.2, -0.15) is 0 Å². The molecule has 1 aromatic heterocycles. The van der Waals surface area contributed by atoms with E-state index >= 15 is 0 Å². The molecule has 0 saturated carbocycles. The Morgan fingerprint density at radius 3 is 2.55 bits per heavy atom. The van der Waals surface area contributed by atoms with Crippen molar-refractivity contribution in [2.75, 3.05) is 5.32 Å². The van der Waals surface area contributed by atoms with Gasteiger partial charge in [0, 0.05) is 6.20 Å². The highest BCUT2D eigenvalue weighted by Crippen LogP contribution is 2.15. The SMILES string of the molecule is Cc1ccc(O[C@H](C)C(=O)Nc2ncccc2C)cc1. The van der Waals surface area contributed by atoms with E-state index in [1.54, 1.807) is 13.1 Å². The van der Waals surface area contributed by atoms with Gasteiger partial charge in [-0.05, 0) is 44.5 Å². The monoisotopic (exact) mass is 270 g/mol. The van der Waals surface area contributed by atoms with Crippen molar-refractivity contribution in [3.8, 4) is 5.75 Å². The molecule has 0 radical (unpaired) electrons. The average Bonchev–Trinajstić information content (AvgIpc) is 2.44. The third kappa shape index (κ3) is 3.57. The number of anilines is 1. The van der Waals surface area contributed by atoms with Gasteiger partial charge in [-0.3, -0.25) is 4.79 Å². The van der Waals surface area contributed by atoms with Crippen LogP contribution in [-0.2, 0) is 4.79 Å². The van der Waals surface area contributed by atoms with E-state index in [4.69, 9.17) is 4.74 Å². The summed E-state index contributed by atoms with van der Waals surface area (Å²) in [4.78, 5) is 16.2. The Balaban J connectivity index is 1.99. The highest BCUT2D eigenvalue weighted by molar-refractivity contribution is 5.93. The quantitative estimate of drug-likeness (QED) is 0.928. The molecule has 0 aliphatic heterocycles. The second-order valence-corrected chi connectivity index (χ2v) is 4.73. The van der Waals surface area contributed by atoms with Gasteiger partial charge in [0.05, 0.1) is 0 Å². The number of nitrogens with one attached hydrogen (secondary N) is 1. The molecule has 104 valence electrons. The van der Waals surface area contributed by atoms with Crippen molar-refractivity contribution in [2.24, 2.45) is 0 Å². The van der Waals surface area contributed by atoms with Gasteiger partial charge in [0.2, 0.25) is 0 Å². The summed E-state index contributed by atoms with van der Waals surface area (Å²) in [6.45, 7) is 5.62. The van der Waals surface area contributed by atoms with Crippen molar-refractivity contribution in [1.82, 2.24) is 4.98 Å². The van der Waals surface area contributed by atoms with Crippen LogP contribution >= 0.6 is 0 Å². The lowest BCUT2D eigenvalue weighted by molar-refractivity contribution is -0.122. The molecule has 0 spiro atoms. The molecule has 1 atom stereocenters. The number of carbonyl (C=O) groups is 1. The third-order valence-corrected chi connectivity index (χ3v) is 2.95. The van der Waals surface area contributed by atoms with Crippen LogP contribution in [0, 0.1) is 13.8 Å². The molecule has 0 saturated heterocycles. The topological polar surface area (TPSA) is 51.2 Å². The lowest BCUT2D eigenvalue weighted by Gasteiger charge is -2.15. The standard InChI is InChI=1S/C16H18N2O2/c1-11-6-8-14(9-7-11)20-13(3)16(19)18-15-12(2)5-4-10-17-15/h4-10,13H,1-3H3,(H,17,18,19)/t13-/m1/s1. The molecule has 1 heterocycles. The Bertz CT molecular complexity index is 594. The zero-order valence-electron chi connectivity index (χ0n) is 11.9. The Morgan fingerprint density at radius 1 is 1.20 bits per heavy atom. The summed E-state index contributed by atoms with van der Waals surface area (Å²) in [5.41, 5.74) is 2.07. The Morgan fingerprint density at radius 2 is 1.90 bits per heavy atom. The van der Waals surface area contributed by atoms with Gasteiger partial charge in [-0.1, -0.05) is 23.8 Å². The summed E-state index contributed by atoms with van der Waals surface area (Å²) in [7, 11) is 0. The number of aromatic nitrogens is 1. The second kappa shape index (κ2) is 6.19. The van der Waals surface area contributed by atoms with Gasteiger partial charge in [0.15, 0.2) is 6.10 Å². The van der Waals surface area contributed by atoms with Crippen molar-refractivity contribution < 1.29 is 9.53 Å². The normalized spacial score (nSPS) is 11.8. The molecule has 4 nitrogen and oxygen atoms in total. The number of amides is 1. The number of carbonyl (C=O) groups excluding carboxylic acids is 1. The minimum atomic E-state index is -0.584. The first-order chi connectivity index (χ1) is 9.56. The number of rotatable bonds is 4. The number of nitrogens with zero attached hydrogens (tertiary/aromatic N) is 1. The van der Waals surface area contributed by atoms with Crippen LogP contribution in [0.1, 0.15) is 18.1 Å². The summed E-state index contributed by atoms with van der Waals surface area (Å²) in [5.74, 6) is 1.03. The van der Waals surface area contributed by atoms with Crippen LogP contribution in [-0.4, -0.2) is 17.0 Å². The Kier molecular flexibility index (Phi) is 4.35. The molecule has 2 rings (SSSR count). The van der Waals surface area contributed by atoms with Crippen LogP contribution in [0.5, 0.6) is 5.75 Å². The summed E-state index contributed by atoms with van der Waals surface area (Å²) >= 11 is 0. The summed E-state index contributed by atoms with van der Waals surface area (Å²) in [5, 5.41) is 2.77. The minimum absolute atomic E-state index is 0.215. The number of hydrogen-bond acceptors (Lipinski definition) is 3. The smallest absolute Gasteiger partial charge is 0.266 e. The maximum atomic E-state index is 12.1. The zero-order valence-corrected chi connectivity index (χ0v) is 11.9. The molecule has 4 heteroatoms. The van der Waals surface area contributed by atoms with Gasteiger partial charge in [0.1, 0.15) is 11.6 Å². The van der Waals surface area contributed by atoms with E-state index in [0.717, 1.165) is 11.1 Å². The van der Waals surface area contributed by atoms with Crippen molar-refractivity contribution in [3.63, 3.8) is 0 Å². The molecule has 0 fully saturated rings. The lowest BCUT2D eigenvalue weighted by atomic mass is 10.2. The van der Waals surface area contributed by atoms with E-state index in [9.17, 15) is 4.79 Å². The fourth-order valence-electron chi connectivity index (χ4n) is 1.71. The second-order valence-electron chi connectivity index (χ2n) is 4.73. The molecule has 0 unspecified atom stereocenters. The van der Waals surface area contributed by atoms with Crippen LogP contribution < -0.4 is 10.1 Å². The highest BCUT2D eigenvalue weighted by atomic mass is 16.5. The summed E-state index contributed by atoms with van der Waals surface area (Å²) in [6, 6.07) is 11.3. The summed E-state index contributed by atoms with van der Waals surface area (Å²) in [6.07, 6.45) is 1.06. The molecular weight excluding hydrogens is 252 g/mol. The zero-order chi connectivity index (χ0) is 14.5. The summed E-state index contributed by atoms with van der Waals surface area (Å²) < 4.78 is 5.60. The number of benzene rings is 1. The fraction of sp³-hybridized carbons (Fsp3) is 0.250. The maximum absolute atomic E-state index is 12.1. The number of pyridine rings is 1. The molecule has 1 amide bonds. The first-order valence-corrected chi connectivity index (χ1v) is 6.52. The van der Waals surface area contributed by atoms with Crippen molar-refractivity contribution in [2.45, 2.75) is 26.9 Å². The number of ether oxygens (including phenoxy) is 1. The predicted octanol–water partition coefficient (Wildman–Crippen LogP) is 3.10. The number of aryl methyl sites for hydroxylation is 2. The molecule has 0 bridgehead atoms. The van der Waals surface area contributed by atoms with Crippen LogP contribution in [0.15, 0.2) is 42.6 Å². The van der Waals surface area contributed by atoms with E-state index in [2.05, 4.69) is 10.3 Å². The predicted molar refractivity (Wildman–Crippen MR) is 78.9 cm³/mol. The third-order valence-electron chi connectivity index (χ3n) is 2.95. The first kappa shape index (κ1) is 14.1. The molecular formula is C16H18N2O2. The van der Waals surface area contributed by atoms with Gasteiger partial charge in [-0.25, -0.2) is 4.98 Å². The van der Waals surface area contributed by atoms with Crippen molar-refractivity contribution in [1.29, 1.82) is 0 Å². The van der Waals surface area contributed by atoms with Gasteiger partial charge < -0.3 is 10.1 Å². The highest BCUT2D eigenvalue weighted by Gasteiger charge is 2.16. The van der Waals surface area contributed by atoms with Gasteiger partial charge >= 0.3 is 0 Å². The molecule has 1 N–H and O–H groups in total. The first-order valence-electron chi connectivity index (χ1n) is 6.52. The van der Waals surface area contributed by atoms with Crippen molar-refractivity contribution in [3.05, 3.63) is 53.7 Å². The van der Waals surface area contributed by atoms with E-state index in [-0.39, 0.29) is 5.91 Å². The van der Waals surface area contributed by atoms with Crippen LogP contribution in [0.2, 0.25) is 0 Å². The fourth-order valence-corrected chi connectivity index (χ4v) is 1.71. The largest absolute Gasteiger partial charge is 0.481 e. The Hall–Kier alpha value is -2.36. The average molecular weight is 270 g/mol. The van der Waals surface area contributed by atoms with E-state index in [0.29, 0.717) is 11.6 Å². The molecule has 1 aromatic carbocycles. The minimum Gasteiger partial charge on any atom is -0.481 e. The van der Waals surface area contributed by atoms with E-state index < -0.39 is 6.10 Å². The van der Waals surface area contributed by atoms with Gasteiger partial charge in [-0.15, -0.1) is 0 Å². The van der Waals surface area contributed by atoms with Crippen molar-refractivity contribution >= 4 is 11.7 Å². The molecule has 0 aliphatic rings. The molecule has 2 aromatic rings. The van der Waals surface area contributed by atoms with Crippen LogP contribution in [0.25, 0.3) is 0 Å². The molecule has 0 aliphatic carbocycles. The number of hydrogen-bond donors (Lipinski definition) is 1. The Labute approximate surface area is 118 Å². The van der Waals surface area contributed by atoms with Gasteiger partial charge in [0.25, 0.3) is 5.91 Å². The van der Waals surface area contributed by atoms with E-state index in [1.807, 2.05) is 50.2 Å². The lowest BCUT2D eigenvalue weighted by Crippen LogP contribution is -2.30. The van der Waals surface area contributed by atoms with Crippen LogP contribution in [0.4, 0.5) is 5.82 Å². The van der Waals surface area contributed by atoms with Crippen LogP contribution in [0.3, 0.4) is 0 Å². The van der Waals surface area contributed by atoms with E-state index in [1.165, 1.54) is 0 Å². The molecule has 20 heavy (non-hydrogen) atoms. The maximum Gasteiger partial charge on any atom is 0.266 e.